The van der Waals surface area contributed by atoms with Gasteiger partial charge in [0.1, 0.15) is 22.3 Å². The van der Waals surface area contributed by atoms with Crippen LogP contribution in [0.3, 0.4) is 0 Å². The Morgan fingerprint density at radius 2 is 0.700 bits per heavy atom. The third kappa shape index (κ3) is 7.69. The van der Waals surface area contributed by atoms with Crippen molar-refractivity contribution in [2.75, 3.05) is 9.80 Å². The quantitative estimate of drug-likeness (QED) is 0.137. The van der Waals surface area contributed by atoms with Crippen molar-refractivity contribution >= 4 is 99.5 Å². The minimum Gasteiger partial charge on any atom is -0.456 e. The van der Waals surface area contributed by atoms with Gasteiger partial charge in [-0.25, -0.2) is 0 Å². The number of fused-ring (bicyclic) bond motifs is 9. The molecule has 0 aliphatic heterocycles. The van der Waals surface area contributed by atoms with Crippen molar-refractivity contribution in [1.29, 1.82) is 0 Å². The lowest BCUT2D eigenvalue weighted by Crippen LogP contribution is -2.14. The van der Waals surface area contributed by atoms with Gasteiger partial charge in [-0.3, -0.25) is 0 Å². The molecule has 0 spiro atoms. The predicted molar refractivity (Wildman–Crippen MR) is 301 cm³/mol. The number of hydrogen-bond donors (Lipinski definition) is 0. The summed E-state index contributed by atoms with van der Waals surface area (Å²) in [4.78, 5) is 4.93. The number of hydrogen-bond acceptors (Lipinski definition) is 4. The van der Waals surface area contributed by atoms with Crippen LogP contribution >= 0.6 is 0 Å². The highest BCUT2D eigenvalue weighted by atomic mass is 16.3. The largest absolute Gasteiger partial charge is 0.456 e. The highest BCUT2D eigenvalue weighted by Crippen LogP contribution is 2.46. The van der Waals surface area contributed by atoms with E-state index in [0.29, 0.717) is 23.7 Å². The molecule has 2 aromatic heterocycles. The molecule has 4 nitrogen and oxygen atoms in total. The molecule has 0 amide bonds. The van der Waals surface area contributed by atoms with Gasteiger partial charge in [-0.2, -0.15) is 0 Å². The number of aryl methyl sites for hydroxylation is 4. The Labute approximate surface area is 413 Å². The summed E-state index contributed by atoms with van der Waals surface area (Å²) in [6.07, 6.45) is 0. The van der Waals surface area contributed by atoms with E-state index in [9.17, 15) is 0 Å². The third-order valence-corrected chi connectivity index (χ3v) is 15.0. The van der Waals surface area contributed by atoms with E-state index in [1.54, 1.807) is 0 Å². The van der Waals surface area contributed by atoms with E-state index in [0.717, 1.165) is 71.4 Å². The van der Waals surface area contributed by atoms with Gasteiger partial charge in [0.15, 0.2) is 0 Å². The first-order chi connectivity index (χ1) is 33.6. The van der Waals surface area contributed by atoms with Crippen molar-refractivity contribution in [3.63, 3.8) is 0 Å². The van der Waals surface area contributed by atoms with Crippen LogP contribution in [0.25, 0.3) is 65.4 Å². The van der Waals surface area contributed by atoms with Crippen LogP contribution in [-0.4, -0.2) is 0 Å². The second-order valence-corrected chi connectivity index (χ2v) is 21.3. The molecule has 11 aromatic rings. The zero-order chi connectivity index (χ0) is 48.9. The molecule has 2 heterocycles. The van der Waals surface area contributed by atoms with Crippen LogP contribution < -0.4 is 9.80 Å². The Kier molecular flexibility index (Phi) is 11.1. The fraction of sp³-hybridized carbons (Fsp3) is 0.242. The smallest absolute Gasteiger partial charge is 0.147 e. The van der Waals surface area contributed by atoms with Crippen molar-refractivity contribution in [3.05, 3.63) is 190 Å². The molecule has 0 atom stereocenters. The molecule has 0 bridgehead atoms. The Morgan fingerprint density at radius 1 is 0.314 bits per heavy atom. The van der Waals surface area contributed by atoms with Crippen molar-refractivity contribution < 1.29 is 8.83 Å². The fourth-order valence-corrected chi connectivity index (χ4v) is 10.6. The number of nitrogens with zero attached hydrogens (tertiary/aromatic N) is 2. The van der Waals surface area contributed by atoms with Crippen LogP contribution in [0.5, 0.6) is 0 Å². The molecular weight excluding hydrogens is 853 g/mol. The molecule has 0 unspecified atom stereocenters. The first kappa shape index (κ1) is 45.2. The average Bonchev–Trinajstić information content (AvgIpc) is 3.89. The molecule has 0 radical (unpaired) electrons. The molecule has 0 aliphatic carbocycles. The monoisotopic (exact) mass is 916 g/mol. The van der Waals surface area contributed by atoms with Crippen molar-refractivity contribution in [2.45, 2.75) is 107 Å². The van der Waals surface area contributed by atoms with Gasteiger partial charge in [0.25, 0.3) is 0 Å². The van der Waals surface area contributed by atoms with E-state index < -0.39 is 0 Å². The first-order valence-corrected chi connectivity index (χ1v) is 25.3. The second-order valence-electron chi connectivity index (χ2n) is 21.3. The summed E-state index contributed by atoms with van der Waals surface area (Å²) < 4.78 is 13.7. The molecule has 4 heteroatoms. The van der Waals surface area contributed by atoms with Gasteiger partial charge in [0.2, 0.25) is 0 Å². The Bertz CT molecular complexity index is 3740. The summed E-state index contributed by atoms with van der Waals surface area (Å²) in [6.45, 7) is 27.1. The van der Waals surface area contributed by atoms with Gasteiger partial charge < -0.3 is 18.6 Å². The first-order valence-electron chi connectivity index (χ1n) is 25.3. The van der Waals surface area contributed by atoms with E-state index in [4.69, 9.17) is 8.83 Å². The van der Waals surface area contributed by atoms with E-state index in [1.165, 1.54) is 72.6 Å². The van der Waals surface area contributed by atoms with Gasteiger partial charge in [0.05, 0.1) is 5.39 Å². The lowest BCUT2D eigenvalue weighted by atomic mass is 9.96. The lowest BCUT2D eigenvalue weighted by molar-refractivity contribution is 0.663. The minimum absolute atomic E-state index is 0.411. The maximum atomic E-state index is 6.99. The van der Waals surface area contributed by atoms with Gasteiger partial charge in [0, 0.05) is 50.3 Å². The highest BCUT2D eigenvalue weighted by Gasteiger charge is 2.23. The molecule has 350 valence electrons. The van der Waals surface area contributed by atoms with Crippen molar-refractivity contribution in [2.24, 2.45) is 0 Å². The number of furan rings is 2. The number of anilines is 6. The fourth-order valence-electron chi connectivity index (χ4n) is 10.6. The van der Waals surface area contributed by atoms with E-state index in [-0.39, 0.29) is 0 Å². The van der Waals surface area contributed by atoms with Crippen LogP contribution in [0.2, 0.25) is 0 Å². The standard InChI is InChI=1S/C66H64N2O2/c1-37(2)45-17-13-41(9)58(31-45)67(59-32-46(38(3)4)18-14-42(59)10)53-23-21-49-29-56-55-25-26-62-65(66(55)70-63(56)35-51(49)27-53)57-30-50-22-24-54(28-52(50)36-64(57)69-62)68(60-33-47(39(5)6)19-15-43(60)11)61-34-48(40(7)8)20-16-44(61)12/h13-40H,1-12H3. The van der Waals surface area contributed by atoms with Crippen molar-refractivity contribution in [1.82, 2.24) is 0 Å². The third-order valence-electron chi connectivity index (χ3n) is 15.0. The number of benzene rings is 9. The number of rotatable bonds is 10. The molecule has 0 saturated heterocycles. The van der Waals surface area contributed by atoms with E-state index in [1.807, 2.05) is 0 Å². The van der Waals surface area contributed by atoms with E-state index in [2.05, 4.69) is 238 Å². The molecular formula is C66H64N2O2. The molecule has 70 heavy (non-hydrogen) atoms. The highest BCUT2D eigenvalue weighted by molar-refractivity contribution is 6.24. The summed E-state index contributed by atoms with van der Waals surface area (Å²) in [7, 11) is 0. The Morgan fingerprint density at radius 3 is 1.10 bits per heavy atom. The summed E-state index contributed by atoms with van der Waals surface area (Å²) in [5.74, 6) is 1.64. The zero-order valence-corrected chi connectivity index (χ0v) is 42.9. The zero-order valence-electron chi connectivity index (χ0n) is 42.9. The lowest BCUT2D eigenvalue weighted by Gasteiger charge is -2.30. The molecule has 0 fully saturated rings. The molecule has 11 rings (SSSR count). The van der Waals surface area contributed by atoms with E-state index >= 15 is 0 Å². The second kappa shape index (κ2) is 17.3. The summed E-state index contributed by atoms with van der Waals surface area (Å²) in [6, 6.07) is 54.8. The van der Waals surface area contributed by atoms with Gasteiger partial charge in [-0.1, -0.05) is 116 Å². The normalized spacial score (nSPS) is 12.2. The van der Waals surface area contributed by atoms with Gasteiger partial charge in [-0.15, -0.1) is 0 Å². The van der Waals surface area contributed by atoms with Crippen LogP contribution in [0.1, 0.15) is 124 Å². The minimum atomic E-state index is 0.411. The van der Waals surface area contributed by atoms with Gasteiger partial charge in [-0.05, 0) is 202 Å². The Balaban J connectivity index is 1.05. The topological polar surface area (TPSA) is 32.8 Å². The van der Waals surface area contributed by atoms with Crippen LogP contribution in [0.15, 0.2) is 154 Å². The van der Waals surface area contributed by atoms with Gasteiger partial charge >= 0.3 is 0 Å². The predicted octanol–water partition coefficient (Wildman–Crippen LogP) is 20.5. The maximum absolute atomic E-state index is 6.99. The maximum Gasteiger partial charge on any atom is 0.147 e. The summed E-state index contributed by atoms with van der Waals surface area (Å²) in [5.41, 5.74) is 20.7. The average molecular weight is 917 g/mol. The van der Waals surface area contributed by atoms with Crippen LogP contribution in [0.4, 0.5) is 34.1 Å². The summed E-state index contributed by atoms with van der Waals surface area (Å²) >= 11 is 0. The van der Waals surface area contributed by atoms with Crippen LogP contribution in [0, 0.1) is 27.7 Å². The molecule has 0 N–H and O–H groups in total. The van der Waals surface area contributed by atoms with Crippen molar-refractivity contribution in [3.8, 4) is 0 Å². The Hall–Kier alpha value is -7.30. The summed E-state index contributed by atoms with van der Waals surface area (Å²) in [5, 5.41) is 8.83. The molecule has 0 aliphatic rings. The molecule has 0 saturated carbocycles. The van der Waals surface area contributed by atoms with Crippen LogP contribution in [-0.2, 0) is 0 Å². The molecule has 9 aromatic carbocycles. The SMILES string of the molecule is Cc1ccc(C(C)C)cc1N(c1ccc2cc3c(cc2c1)oc1c3ccc2oc3cc4cc(N(c5cc(C(C)C)ccc5C)c5cc(C(C)C)ccc5C)ccc4cc3c21)c1cc(C(C)C)ccc1C.